The highest BCUT2D eigenvalue weighted by atomic mass is 16.5. The molecule has 1 aromatic rings. The van der Waals surface area contributed by atoms with Gasteiger partial charge in [0, 0.05) is 25.4 Å². The van der Waals surface area contributed by atoms with Crippen molar-refractivity contribution in [2.75, 3.05) is 7.11 Å². The molecule has 0 bridgehead atoms. The smallest absolute Gasteiger partial charge is 0.307 e. The van der Waals surface area contributed by atoms with Gasteiger partial charge in [-0.2, -0.15) is 0 Å². The quantitative estimate of drug-likeness (QED) is 0.667. The Balaban J connectivity index is 2.69. The summed E-state index contributed by atoms with van der Waals surface area (Å²) in [4.78, 5) is 35.3. The number of rotatable bonds is 9. The topological polar surface area (TPSA) is 84.5 Å². The van der Waals surface area contributed by atoms with Crippen molar-refractivity contribution in [3.63, 3.8) is 0 Å². The van der Waals surface area contributed by atoms with Gasteiger partial charge in [-0.3, -0.25) is 14.4 Å². The summed E-state index contributed by atoms with van der Waals surface area (Å²) in [5, 5.41) is 5.70. The first-order chi connectivity index (χ1) is 11.8. The molecular formula is C19H28N2O4. The van der Waals surface area contributed by atoms with Crippen LogP contribution in [0.3, 0.4) is 0 Å². The Hall–Kier alpha value is -2.37. The predicted octanol–water partition coefficient (Wildman–Crippen LogP) is 1.83. The lowest BCUT2D eigenvalue weighted by molar-refractivity contribution is -0.141. The number of hydrogen-bond donors (Lipinski definition) is 2. The maximum absolute atomic E-state index is 12.4. The second kappa shape index (κ2) is 10.5. The Bertz CT molecular complexity index is 572. The molecule has 25 heavy (non-hydrogen) atoms. The highest BCUT2D eigenvalue weighted by molar-refractivity contribution is 5.80. The largest absolute Gasteiger partial charge is 0.469 e. The zero-order valence-corrected chi connectivity index (χ0v) is 15.4. The van der Waals surface area contributed by atoms with Crippen LogP contribution in [0.4, 0.5) is 0 Å². The van der Waals surface area contributed by atoms with Gasteiger partial charge in [0.2, 0.25) is 11.8 Å². The molecule has 2 N–H and O–H groups in total. The molecule has 138 valence electrons. The average molecular weight is 348 g/mol. The van der Waals surface area contributed by atoms with Gasteiger partial charge >= 0.3 is 5.97 Å². The minimum atomic E-state index is -0.360. The van der Waals surface area contributed by atoms with Crippen LogP contribution < -0.4 is 10.6 Å². The van der Waals surface area contributed by atoms with E-state index < -0.39 is 0 Å². The molecule has 0 fully saturated rings. The van der Waals surface area contributed by atoms with Crippen molar-refractivity contribution < 1.29 is 19.1 Å². The van der Waals surface area contributed by atoms with Crippen molar-refractivity contribution >= 4 is 17.8 Å². The standard InChI is InChI=1S/C19H28N2O4/c1-13(2)17(12-19(24)25-4)21-18(23)11-16(20-14(3)22)10-15-8-6-5-7-9-15/h5-9,13,16-17H,10-12H2,1-4H3,(H,20,22)(H,21,23)/t16-,17+/m1/s1. The average Bonchev–Trinajstić information content (AvgIpc) is 2.54. The molecule has 6 heteroatoms. The van der Waals surface area contributed by atoms with Crippen LogP contribution in [-0.4, -0.2) is 37.0 Å². The van der Waals surface area contributed by atoms with Gasteiger partial charge in [0.1, 0.15) is 0 Å². The van der Waals surface area contributed by atoms with E-state index in [9.17, 15) is 14.4 Å². The van der Waals surface area contributed by atoms with E-state index in [4.69, 9.17) is 0 Å². The SMILES string of the molecule is COC(=O)C[C@H](NC(=O)C[C@@H](Cc1ccccc1)NC(C)=O)C(C)C. The molecule has 0 aliphatic carbocycles. The van der Waals surface area contributed by atoms with E-state index in [2.05, 4.69) is 15.4 Å². The third-order valence-corrected chi connectivity index (χ3v) is 3.93. The summed E-state index contributed by atoms with van der Waals surface area (Å²) in [5.74, 6) is -0.640. The molecule has 0 heterocycles. The highest BCUT2D eigenvalue weighted by Gasteiger charge is 2.22. The van der Waals surface area contributed by atoms with Gasteiger partial charge < -0.3 is 15.4 Å². The van der Waals surface area contributed by atoms with Gasteiger partial charge in [-0.25, -0.2) is 0 Å². The summed E-state index contributed by atoms with van der Waals surface area (Å²) in [7, 11) is 1.33. The fourth-order valence-electron chi connectivity index (χ4n) is 2.57. The first kappa shape index (κ1) is 20.7. The Morgan fingerprint density at radius 1 is 1.04 bits per heavy atom. The lowest BCUT2D eigenvalue weighted by atomic mass is 9.99. The molecule has 0 aromatic heterocycles. The Kier molecular flexibility index (Phi) is 8.67. The molecule has 0 aliphatic heterocycles. The molecular weight excluding hydrogens is 320 g/mol. The first-order valence-electron chi connectivity index (χ1n) is 8.49. The van der Waals surface area contributed by atoms with Crippen molar-refractivity contribution in [1.29, 1.82) is 0 Å². The normalized spacial score (nSPS) is 13.0. The number of benzene rings is 1. The van der Waals surface area contributed by atoms with E-state index in [1.807, 2.05) is 44.2 Å². The van der Waals surface area contributed by atoms with E-state index in [1.165, 1.54) is 14.0 Å². The highest BCUT2D eigenvalue weighted by Crippen LogP contribution is 2.10. The van der Waals surface area contributed by atoms with Crippen LogP contribution in [0, 0.1) is 5.92 Å². The monoisotopic (exact) mass is 348 g/mol. The van der Waals surface area contributed by atoms with Crippen LogP contribution in [0.2, 0.25) is 0 Å². The van der Waals surface area contributed by atoms with E-state index in [0.717, 1.165) is 5.56 Å². The molecule has 6 nitrogen and oxygen atoms in total. The maximum Gasteiger partial charge on any atom is 0.307 e. The number of hydrogen-bond acceptors (Lipinski definition) is 4. The molecule has 0 unspecified atom stereocenters. The lowest BCUT2D eigenvalue weighted by Gasteiger charge is -2.23. The Morgan fingerprint density at radius 2 is 1.68 bits per heavy atom. The summed E-state index contributed by atoms with van der Waals surface area (Å²) >= 11 is 0. The molecule has 0 spiro atoms. The van der Waals surface area contributed by atoms with E-state index in [-0.39, 0.29) is 48.6 Å². The number of ether oxygens (including phenoxy) is 1. The number of amides is 2. The molecule has 0 saturated carbocycles. The summed E-state index contributed by atoms with van der Waals surface area (Å²) in [6, 6.07) is 9.09. The third-order valence-electron chi connectivity index (χ3n) is 3.93. The van der Waals surface area contributed by atoms with E-state index >= 15 is 0 Å². The van der Waals surface area contributed by atoms with Gasteiger partial charge in [0.25, 0.3) is 0 Å². The first-order valence-corrected chi connectivity index (χ1v) is 8.49. The van der Waals surface area contributed by atoms with Crippen molar-refractivity contribution in [2.45, 2.75) is 52.1 Å². The fraction of sp³-hybridized carbons (Fsp3) is 0.526. The Morgan fingerprint density at radius 3 is 2.20 bits per heavy atom. The van der Waals surface area contributed by atoms with Gasteiger partial charge in [0.15, 0.2) is 0 Å². The van der Waals surface area contributed by atoms with Gasteiger partial charge in [-0.05, 0) is 17.9 Å². The van der Waals surface area contributed by atoms with Crippen molar-refractivity contribution in [3.8, 4) is 0 Å². The van der Waals surface area contributed by atoms with Crippen LogP contribution in [0.15, 0.2) is 30.3 Å². The zero-order valence-electron chi connectivity index (χ0n) is 15.4. The van der Waals surface area contributed by atoms with Gasteiger partial charge in [0.05, 0.1) is 13.5 Å². The van der Waals surface area contributed by atoms with E-state index in [0.29, 0.717) is 6.42 Å². The number of carbonyl (C=O) groups excluding carboxylic acids is 3. The summed E-state index contributed by atoms with van der Waals surface area (Å²) in [6.07, 6.45) is 0.847. The lowest BCUT2D eigenvalue weighted by Crippen LogP contribution is -2.44. The van der Waals surface area contributed by atoms with Crippen LogP contribution >= 0.6 is 0 Å². The molecule has 0 saturated heterocycles. The number of carbonyl (C=O) groups is 3. The maximum atomic E-state index is 12.4. The number of esters is 1. The summed E-state index contributed by atoms with van der Waals surface area (Å²) in [5.41, 5.74) is 1.05. The third kappa shape index (κ3) is 8.33. The van der Waals surface area contributed by atoms with Crippen LogP contribution in [0.5, 0.6) is 0 Å². The second-order valence-corrected chi connectivity index (χ2v) is 6.49. The molecule has 0 radical (unpaired) electrons. The van der Waals surface area contributed by atoms with Crippen molar-refractivity contribution in [1.82, 2.24) is 10.6 Å². The van der Waals surface area contributed by atoms with Crippen LogP contribution in [-0.2, 0) is 25.5 Å². The predicted molar refractivity (Wildman–Crippen MR) is 95.8 cm³/mol. The summed E-state index contributed by atoms with van der Waals surface area (Å²) in [6.45, 7) is 5.30. The Labute approximate surface area is 149 Å². The molecule has 1 aromatic carbocycles. The minimum absolute atomic E-state index is 0.0939. The van der Waals surface area contributed by atoms with E-state index in [1.54, 1.807) is 0 Å². The number of nitrogens with one attached hydrogen (secondary N) is 2. The van der Waals surface area contributed by atoms with Crippen molar-refractivity contribution in [2.24, 2.45) is 5.92 Å². The molecule has 0 aliphatic rings. The second-order valence-electron chi connectivity index (χ2n) is 6.49. The fourth-order valence-corrected chi connectivity index (χ4v) is 2.57. The van der Waals surface area contributed by atoms with Crippen LogP contribution in [0.25, 0.3) is 0 Å². The zero-order chi connectivity index (χ0) is 18.8. The molecule has 1 rings (SSSR count). The van der Waals surface area contributed by atoms with Crippen molar-refractivity contribution in [3.05, 3.63) is 35.9 Å². The van der Waals surface area contributed by atoms with Gasteiger partial charge in [-0.1, -0.05) is 44.2 Å². The number of methoxy groups -OCH3 is 1. The molecule has 2 amide bonds. The minimum Gasteiger partial charge on any atom is -0.469 e. The van der Waals surface area contributed by atoms with Crippen LogP contribution in [0.1, 0.15) is 39.2 Å². The summed E-state index contributed by atoms with van der Waals surface area (Å²) < 4.78 is 4.68. The van der Waals surface area contributed by atoms with Gasteiger partial charge in [-0.15, -0.1) is 0 Å². The molecule has 2 atom stereocenters.